The first kappa shape index (κ1) is 17.2. The molecule has 0 saturated carbocycles. The predicted molar refractivity (Wildman–Crippen MR) is 81.2 cm³/mol. The molecule has 0 aliphatic rings. The molecule has 2 heterocycles. The number of methoxy groups -OCH3 is 1. The fraction of sp³-hybridized carbons (Fsp3) is 0.133. The van der Waals surface area contributed by atoms with Gasteiger partial charge in [-0.25, -0.2) is 8.78 Å². The monoisotopic (exact) mass is 370 g/mol. The van der Waals surface area contributed by atoms with Gasteiger partial charge in [0.25, 0.3) is 11.9 Å². The van der Waals surface area contributed by atoms with Crippen LogP contribution >= 0.6 is 11.8 Å². The van der Waals surface area contributed by atoms with Gasteiger partial charge in [-0.1, -0.05) is 0 Å². The van der Waals surface area contributed by atoms with Crippen molar-refractivity contribution in [2.45, 2.75) is 10.1 Å². The number of halogens is 4. The van der Waals surface area contributed by atoms with Crippen LogP contribution in [0, 0.1) is 23.5 Å². The van der Waals surface area contributed by atoms with Crippen molar-refractivity contribution in [3.8, 4) is 17.1 Å². The third-order valence-electron chi connectivity index (χ3n) is 3.33. The number of benzene rings is 1. The molecule has 25 heavy (non-hydrogen) atoms. The van der Waals surface area contributed by atoms with Crippen LogP contribution < -0.4 is 4.74 Å². The van der Waals surface area contributed by atoms with Gasteiger partial charge in [0.15, 0.2) is 22.6 Å². The molecule has 2 aromatic heterocycles. The number of nitrogens with zero attached hydrogens (tertiary/aromatic N) is 4. The van der Waals surface area contributed by atoms with Gasteiger partial charge in [-0.05, 0) is 36.0 Å². The van der Waals surface area contributed by atoms with Gasteiger partial charge in [-0.2, -0.15) is 13.8 Å². The van der Waals surface area contributed by atoms with Crippen molar-refractivity contribution < 1.29 is 22.3 Å². The molecule has 0 radical (unpaired) electrons. The van der Waals surface area contributed by atoms with E-state index in [1.54, 1.807) is 31.3 Å². The van der Waals surface area contributed by atoms with E-state index in [2.05, 4.69) is 15.2 Å². The molecule has 0 N–H and O–H groups in total. The van der Waals surface area contributed by atoms with Crippen LogP contribution in [0.5, 0.6) is 5.75 Å². The average Bonchev–Trinajstić information content (AvgIpc) is 2.97. The number of hydrogen-bond acceptors (Lipinski definition) is 5. The zero-order valence-corrected chi connectivity index (χ0v) is 13.7. The molecule has 5 nitrogen and oxygen atoms in total. The molecule has 0 amide bonds. The van der Waals surface area contributed by atoms with Crippen LogP contribution in [-0.4, -0.2) is 26.9 Å². The molecule has 3 rings (SSSR count). The van der Waals surface area contributed by atoms with Gasteiger partial charge in [0.05, 0.1) is 12.0 Å². The molecule has 10 heteroatoms. The number of aromatic nitrogens is 4. The second-order valence-corrected chi connectivity index (χ2v) is 5.82. The van der Waals surface area contributed by atoms with E-state index in [-0.39, 0.29) is 5.16 Å². The van der Waals surface area contributed by atoms with E-state index in [1.807, 2.05) is 0 Å². The van der Waals surface area contributed by atoms with Gasteiger partial charge in [-0.3, -0.25) is 0 Å². The van der Waals surface area contributed by atoms with Crippen molar-refractivity contribution in [1.29, 1.82) is 0 Å². The number of pyridine rings is 1. The fourth-order valence-corrected chi connectivity index (χ4v) is 2.88. The van der Waals surface area contributed by atoms with E-state index >= 15 is 0 Å². The lowest BCUT2D eigenvalue weighted by Gasteiger charge is -2.07. The van der Waals surface area contributed by atoms with Gasteiger partial charge < -0.3 is 9.30 Å². The second kappa shape index (κ2) is 6.71. The smallest absolute Gasteiger partial charge is 0.252 e. The summed E-state index contributed by atoms with van der Waals surface area (Å²) < 4.78 is 60.4. The maximum Gasteiger partial charge on any atom is 0.252 e. The third kappa shape index (κ3) is 3.16. The molecular weight excluding hydrogens is 360 g/mol. The lowest BCUT2D eigenvalue weighted by molar-refractivity contribution is 0.383. The van der Waals surface area contributed by atoms with Gasteiger partial charge in [0.1, 0.15) is 5.75 Å². The van der Waals surface area contributed by atoms with Gasteiger partial charge in [-0.15, -0.1) is 10.2 Å². The van der Waals surface area contributed by atoms with Crippen molar-refractivity contribution in [1.82, 2.24) is 19.7 Å². The molecule has 0 atom stereocenters. The van der Waals surface area contributed by atoms with E-state index in [1.165, 1.54) is 11.7 Å². The minimum absolute atomic E-state index is 0.0496. The zero-order chi connectivity index (χ0) is 18.1. The summed E-state index contributed by atoms with van der Waals surface area (Å²) in [6.45, 7) is 0. The maximum absolute atomic E-state index is 13.7. The highest BCUT2D eigenvalue weighted by molar-refractivity contribution is 7.99. The van der Waals surface area contributed by atoms with Crippen LogP contribution in [0.25, 0.3) is 11.4 Å². The molecule has 0 fully saturated rings. The number of ether oxygens (including phenoxy) is 1. The highest BCUT2D eigenvalue weighted by atomic mass is 32.2. The Labute approximate surface area is 143 Å². The van der Waals surface area contributed by atoms with Crippen LogP contribution in [0.15, 0.2) is 34.3 Å². The zero-order valence-electron chi connectivity index (χ0n) is 12.9. The Morgan fingerprint density at radius 2 is 1.56 bits per heavy atom. The van der Waals surface area contributed by atoms with Gasteiger partial charge >= 0.3 is 0 Å². The second-order valence-electron chi connectivity index (χ2n) is 4.85. The van der Waals surface area contributed by atoms with Crippen molar-refractivity contribution >= 4 is 11.8 Å². The highest BCUT2D eigenvalue weighted by Gasteiger charge is 2.24. The van der Waals surface area contributed by atoms with Gasteiger partial charge in [0, 0.05) is 12.6 Å². The Hall–Kier alpha value is -2.62. The maximum atomic E-state index is 13.7. The Balaban J connectivity index is 1.97. The van der Waals surface area contributed by atoms with Crippen molar-refractivity contribution in [2.24, 2.45) is 7.05 Å². The third-order valence-corrected chi connectivity index (χ3v) is 4.43. The summed E-state index contributed by atoms with van der Waals surface area (Å²) in [6, 6.07) is 6.88. The Morgan fingerprint density at radius 3 is 2.12 bits per heavy atom. The van der Waals surface area contributed by atoms with E-state index in [0.29, 0.717) is 28.9 Å². The van der Waals surface area contributed by atoms with Crippen LogP contribution in [0.4, 0.5) is 17.6 Å². The topological polar surface area (TPSA) is 52.8 Å². The van der Waals surface area contributed by atoms with E-state index in [4.69, 9.17) is 4.74 Å². The van der Waals surface area contributed by atoms with Crippen molar-refractivity contribution in [3.05, 3.63) is 47.8 Å². The predicted octanol–water partition coefficient (Wildman–Crippen LogP) is 3.59. The first-order valence-electron chi connectivity index (χ1n) is 6.84. The fourth-order valence-electron chi connectivity index (χ4n) is 2.04. The van der Waals surface area contributed by atoms with Crippen LogP contribution in [0.2, 0.25) is 0 Å². The number of rotatable bonds is 4. The summed E-state index contributed by atoms with van der Waals surface area (Å²) in [5.41, 5.74) is 0.677. The van der Waals surface area contributed by atoms with Crippen molar-refractivity contribution in [2.75, 3.05) is 7.11 Å². The average molecular weight is 370 g/mol. The Morgan fingerprint density at radius 1 is 0.960 bits per heavy atom. The van der Waals surface area contributed by atoms with E-state index < -0.39 is 28.4 Å². The molecule has 0 unspecified atom stereocenters. The lowest BCUT2D eigenvalue weighted by atomic mass is 10.2. The molecule has 3 aromatic rings. The SMILES string of the molecule is COc1ccc(-c2nnc(Sc3c(F)c(F)nc(F)c3F)n2C)cc1. The Bertz CT molecular complexity index is 904. The van der Waals surface area contributed by atoms with E-state index in [0.717, 1.165) is 0 Å². The summed E-state index contributed by atoms with van der Waals surface area (Å²) in [5.74, 6) is -5.57. The summed E-state index contributed by atoms with van der Waals surface area (Å²) in [4.78, 5) is 1.64. The Kier molecular flexibility index (Phi) is 4.62. The largest absolute Gasteiger partial charge is 0.497 e. The highest BCUT2D eigenvalue weighted by Crippen LogP contribution is 2.33. The molecule has 130 valence electrons. The molecule has 1 aromatic carbocycles. The quantitative estimate of drug-likeness (QED) is 0.519. The van der Waals surface area contributed by atoms with Gasteiger partial charge in [0.2, 0.25) is 0 Å². The molecule has 0 aliphatic heterocycles. The number of hydrogen-bond donors (Lipinski definition) is 0. The molecule has 0 saturated heterocycles. The standard InChI is InChI=1S/C15H10F4N4OS/c1-23-14(7-3-5-8(24-2)6-4-7)21-22-15(23)25-11-9(16)12(18)20-13(19)10(11)17/h3-6H,1-2H3. The molecule has 0 spiro atoms. The lowest BCUT2D eigenvalue weighted by Crippen LogP contribution is -2.03. The van der Waals surface area contributed by atoms with Crippen LogP contribution in [0.3, 0.4) is 0 Å². The summed E-state index contributed by atoms with van der Waals surface area (Å²) in [5, 5.41) is 7.81. The summed E-state index contributed by atoms with van der Waals surface area (Å²) >= 11 is 0.414. The minimum atomic E-state index is -1.72. The summed E-state index contributed by atoms with van der Waals surface area (Å²) in [7, 11) is 3.09. The first-order chi connectivity index (χ1) is 11.9. The summed E-state index contributed by atoms with van der Waals surface area (Å²) in [6.07, 6.45) is 0. The minimum Gasteiger partial charge on any atom is -0.497 e. The van der Waals surface area contributed by atoms with Crippen molar-refractivity contribution in [3.63, 3.8) is 0 Å². The molecular formula is C15H10F4N4OS. The molecule has 0 aliphatic carbocycles. The first-order valence-corrected chi connectivity index (χ1v) is 7.65. The normalized spacial score (nSPS) is 11.0. The molecule has 0 bridgehead atoms. The van der Waals surface area contributed by atoms with E-state index in [9.17, 15) is 17.6 Å². The van der Waals surface area contributed by atoms with Crippen LogP contribution in [-0.2, 0) is 7.05 Å². The van der Waals surface area contributed by atoms with Crippen LogP contribution in [0.1, 0.15) is 0 Å².